The van der Waals surface area contributed by atoms with E-state index >= 15 is 0 Å². The van der Waals surface area contributed by atoms with Crippen LogP contribution < -0.4 is 5.32 Å². The second-order valence-electron chi connectivity index (χ2n) is 5.06. The van der Waals surface area contributed by atoms with Crippen LogP contribution in [0.25, 0.3) is 0 Å². The number of halogens is 3. The van der Waals surface area contributed by atoms with Gasteiger partial charge in [-0.15, -0.1) is 0 Å². The standard InChI is InChI=1S/C13H16F3N.C2H4O2/c14-13(15,16)11-6-4-10(5-7-11)9-12-3-1-2-8-17-12;1-2(3)4/h4-7,12,17H,1-3,8-9H2;1H3,(H,3,4). The molecule has 6 heteroatoms. The van der Waals surface area contributed by atoms with E-state index in [0.717, 1.165) is 44.0 Å². The van der Waals surface area contributed by atoms with E-state index in [-0.39, 0.29) is 0 Å². The molecule has 1 saturated heterocycles. The first-order valence-electron chi connectivity index (χ1n) is 6.88. The molecule has 2 N–H and O–H groups in total. The summed E-state index contributed by atoms with van der Waals surface area (Å²) in [5, 5.41) is 10.8. The minimum Gasteiger partial charge on any atom is -0.481 e. The molecular formula is C15H20F3NO2. The van der Waals surface area contributed by atoms with Crippen molar-refractivity contribution in [1.29, 1.82) is 0 Å². The molecule has 0 aromatic heterocycles. The Hall–Kier alpha value is -1.56. The fraction of sp³-hybridized carbons (Fsp3) is 0.533. The summed E-state index contributed by atoms with van der Waals surface area (Å²) in [4.78, 5) is 9.00. The van der Waals surface area contributed by atoms with Crippen molar-refractivity contribution in [2.24, 2.45) is 0 Å². The number of carboxylic acid groups (broad SMARTS) is 1. The second kappa shape index (κ2) is 8.02. The number of benzene rings is 1. The third-order valence-electron chi connectivity index (χ3n) is 3.18. The van der Waals surface area contributed by atoms with Gasteiger partial charge in [-0.2, -0.15) is 13.2 Å². The Morgan fingerprint density at radius 3 is 2.29 bits per heavy atom. The van der Waals surface area contributed by atoms with E-state index in [1.165, 1.54) is 12.8 Å². The summed E-state index contributed by atoms with van der Waals surface area (Å²) in [6.07, 6.45) is 0.0998. The van der Waals surface area contributed by atoms with Gasteiger partial charge in [-0.05, 0) is 43.5 Å². The SMILES string of the molecule is CC(=O)O.FC(F)(F)c1ccc(CC2CCCCN2)cc1. The largest absolute Gasteiger partial charge is 0.481 e. The van der Waals surface area contributed by atoms with Crippen LogP contribution in [0.5, 0.6) is 0 Å². The van der Waals surface area contributed by atoms with Crippen molar-refractivity contribution < 1.29 is 23.1 Å². The van der Waals surface area contributed by atoms with Gasteiger partial charge in [0.05, 0.1) is 5.56 Å². The molecule has 0 aliphatic carbocycles. The van der Waals surface area contributed by atoms with E-state index in [1.54, 1.807) is 12.1 Å². The molecule has 0 spiro atoms. The number of aliphatic carboxylic acids is 1. The zero-order chi connectivity index (χ0) is 15.9. The highest BCUT2D eigenvalue weighted by atomic mass is 19.4. The Bertz CT molecular complexity index is 433. The minimum atomic E-state index is -4.23. The maximum Gasteiger partial charge on any atom is 0.416 e. The quantitative estimate of drug-likeness (QED) is 0.879. The Balaban J connectivity index is 0.000000491. The summed E-state index contributed by atoms with van der Waals surface area (Å²) in [5.74, 6) is -0.833. The molecule has 118 valence electrons. The summed E-state index contributed by atoms with van der Waals surface area (Å²) >= 11 is 0. The molecule has 0 amide bonds. The zero-order valence-corrected chi connectivity index (χ0v) is 11.9. The summed E-state index contributed by atoms with van der Waals surface area (Å²) in [6.45, 7) is 2.10. The molecule has 1 atom stereocenters. The molecule has 3 nitrogen and oxygen atoms in total. The lowest BCUT2D eigenvalue weighted by Gasteiger charge is -2.23. The topological polar surface area (TPSA) is 49.3 Å². The third kappa shape index (κ3) is 7.13. The lowest BCUT2D eigenvalue weighted by molar-refractivity contribution is -0.137. The van der Waals surface area contributed by atoms with Gasteiger partial charge in [-0.3, -0.25) is 4.79 Å². The predicted molar refractivity (Wildman–Crippen MR) is 74.1 cm³/mol. The van der Waals surface area contributed by atoms with Crippen molar-refractivity contribution >= 4 is 5.97 Å². The second-order valence-corrected chi connectivity index (χ2v) is 5.06. The predicted octanol–water partition coefficient (Wildman–Crippen LogP) is 3.48. The minimum absolute atomic E-state index is 0.417. The number of carbonyl (C=O) groups is 1. The normalized spacial score (nSPS) is 18.6. The smallest absolute Gasteiger partial charge is 0.416 e. The summed E-state index contributed by atoms with van der Waals surface area (Å²) in [6, 6.07) is 5.91. The highest BCUT2D eigenvalue weighted by molar-refractivity contribution is 5.62. The van der Waals surface area contributed by atoms with Gasteiger partial charge >= 0.3 is 6.18 Å². The maximum atomic E-state index is 12.4. The van der Waals surface area contributed by atoms with Crippen molar-refractivity contribution in [1.82, 2.24) is 5.32 Å². The molecule has 1 unspecified atom stereocenters. The van der Waals surface area contributed by atoms with Crippen molar-refractivity contribution in [3.63, 3.8) is 0 Å². The number of hydrogen-bond donors (Lipinski definition) is 2. The number of hydrogen-bond acceptors (Lipinski definition) is 2. The molecule has 1 heterocycles. The molecule has 2 rings (SSSR count). The number of alkyl halides is 3. The van der Waals surface area contributed by atoms with E-state index in [4.69, 9.17) is 9.90 Å². The lowest BCUT2D eigenvalue weighted by Crippen LogP contribution is -2.35. The molecule has 0 saturated carbocycles. The summed E-state index contributed by atoms with van der Waals surface area (Å²) in [7, 11) is 0. The monoisotopic (exact) mass is 303 g/mol. The van der Waals surface area contributed by atoms with Crippen LogP contribution in [0.4, 0.5) is 13.2 Å². The van der Waals surface area contributed by atoms with Gasteiger partial charge in [0.25, 0.3) is 5.97 Å². The first kappa shape index (κ1) is 17.5. The van der Waals surface area contributed by atoms with Gasteiger partial charge < -0.3 is 10.4 Å². The number of carboxylic acids is 1. The van der Waals surface area contributed by atoms with E-state index in [0.29, 0.717) is 6.04 Å². The average molecular weight is 303 g/mol. The van der Waals surface area contributed by atoms with E-state index in [2.05, 4.69) is 5.32 Å². The van der Waals surface area contributed by atoms with Gasteiger partial charge in [-0.1, -0.05) is 18.6 Å². The molecule has 0 radical (unpaired) electrons. The van der Waals surface area contributed by atoms with Crippen molar-refractivity contribution in [2.45, 2.75) is 44.8 Å². The van der Waals surface area contributed by atoms with Crippen LogP contribution in [-0.4, -0.2) is 23.7 Å². The van der Waals surface area contributed by atoms with Crippen LogP contribution in [0.2, 0.25) is 0 Å². The Morgan fingerprint density at radius 1 is 1.29 bits per heavy atom. The molecule has 1 fully saturated rings. The van der Waals surface area contributed by atoms with Crippen LogP contribution in [0, 0.1) is 0 Å². The molecule has 1 aliphatic heterocycles. The van der Waals surface area contributed by atoms with Gasteiger partial charge in [-0.25, -0.2) is 0 Å². The van der Waals surface area contributed by atoms with Crippen LogP contribution in [0.1, 0.15) is 37.3 Å². The molecule has 21 heavy (non-hydrogen) atoms. The van der Waals surface area contributed by atoms with Crippen LogP contribution in [-0.2, 0) is 17.4 Å². The fourth-order valence-corrected chi connectivity index (χ4v) is 2.21. The van der Waals surface area contributed by atoms with Gasteiger partial charge in [0.15, 0.2) is 0 Å². The fourth-order valence-electron chi connectivity index (χ4n) is 2.21. The van der Waals surface area contributed by atoms with Crippen molar-refractivity contribution in [3.05, 3.63) is 35.4 Å². The Morgan fingerprint density at radius 2 is 1.86 bits per heavy atom. The van der Waals surface area contributed by atoms with Gasteiger partial charge in [0.1, 0.15) is 0 Å². The van der Waals surface area contributed by atoms with Crippen LogP contribution in [0.3, 0.4) is 0 Å². The van der Waals surface area contributed by atoms with Gasteiger partial charge in [0.2, 0.25) is 0 Å². The zero-order valence-electron chi connectivity index (χ0n) is 11.9. The summed E-state index contributed by atoms with van der Waals surface area (Å²) in [5.41, 5.74) is 0.398. The van der Waals surface area contributed by atoms with E-state index in [1.807, 2.05) is 0 Å². The molecule has 0 bridgehead atoms. The lowest BCUT2D eigenvalue weighted by atomic mass is 9.97. The number of nitrogens with one attached hydrogen (secondary N) is 1. The molecule has 1 aromatic carbocycles. The number of piperidine rings is 1. The van der Waals surface area contributed by atoms with Crippen molar-refractivity contribution in [2.75, 3.05) is 6.54 Å². The average Bonchev–Trinajstić information content (AvgIpc) is 2.39. The van der Waals surface area contributed by atoms with Gasteiger partial charge in [0, 0.05) is 13.0 Å². The summed E-state index contributed by atoms with van der Waals surface area (Å²) < 4.78 is 37.1. The Labute approximate surface area is 122 Å². The maximum absolute atomic E-state index is 12.4. The van der Waals surface area contributed by atoms with Crippen LogP contribution in [0.15, 0.2) is 24.3 Å². The van der Waals surface area contributed by atoms with E-state index in [9.17, 15) is 13.2 Å². The number of rotatable bonds is 2. The molecule has 1 aromatic rings. The third-order valence-corrected chi connectivity index (χ3v) is 3.18. The molecular weight excluding hydrogens is 283 g/mol. The highest BCUT2D eigenvalue weighted by Crippen LogP contribution is 2.29. The first-order chi connectivity index (χ1) is 9.79. The molecule has 1 aliphatic rings. The van der Waals surface area contributed by atoms with Crippen molar-refractivity contribution in [3.8, 4) is 0 Å². The van der Waals surface area contributed by atoms with Crippen LogP contribution >= 0.6 is 0 Å². The Kier molecular flexibility index (Phi) is 6.68. The first-order valence-corrected chi connectivity index (χ1v) is 6.88. The highest BCUT2D eigenvalue weighted by Gasteiger charge is 2.30. The van der Waals surface area contributed by atoms with E-state index < -0.39 is 17.7 Å².